The molecule has 12 nitrogen and oxygen atoms in total. The fraction of sp³-hybridized carbons (Fsp3) is 0.0930. The van der Waals surface area contributed by atoms with Crippen molar-refractivity contribution in [1.82, 2.24) is 0 Å². The topological polar surface area (TPSA) is 175 Å². The number of nitrogens with one attached hydrogen (secondary N) is 3. The van der Waals surface area contributed by atoms with Gasteiger partial charge in [-0.25, -0.2) is 26.0 Å². The van der Waals surface area contributed by atoms with Crippen molar-refractivity contribution >= 4 is 77.1 Å². The summed E-state index contributed by atoms with van der Waals surface area (Å²) >= 11 is 6.23. The van der Waals surface area contributed by atoms with Crippen LogP contribution in [0.1, 0.15) is 21.5 Å². The third-order valence-corrected chi connectivity index (χ3v) is 10.5. The van der Waals surface area contributed by atoms with E-state index in [-0.39, 0.29) is 15.7 Å². The van der Waals surface area contributed by atoms with E-state index in [1.165, 1.54) is 24.3 Å². The first-order chi connectivity index (χ1) is 27.4. The molecule has 0 fully saturated rings. The van der Waals surface area contributed by atoms with E-state index < -0.39 is 20.2 Å². The van der Waals surface area contributed by atoms with Crippen molar-refractivity contribution in [3.05, 3.63) is 174 Å². The molecule has 0 aliphatic heterocycles. The van der Waals surface area contributed by atoms with Crippen LogP contribution in [-0.4, -0.2) is 31.8 Å². The number of aromatic nitrogens is 2. The monoisotopic (exact) mass is 837 g/mol. The summed E-state index contributed by atoms with van der Waals surface area (Å²) in [6.07, 6.45) is 5.96. The van der Waals surface area contributed by atoms with Crippen molar-refractivity contribution in [1.29, 1.82) is 0 Å². The SMILES string of the molecule is C[n+]1ccc(Nc2ccc(NC(=O)c3ccc(Nc4cc[n+](C)c5ccc(Cl)cc45)cc3)cc2)cc1.Cc1ccc(S(=O)(=O)[O-])cc1.Cc1ccc(S(=O)(=O)[O-])cc1. The van der Waals surface area contributed by atoms with Crippen molar-refractivity contribution in [3.63, 3.8) is 0 Å². The molecule has 3 N–H and O–H groups in total. The molecule has 0 saturated heterocycles. The number of rotatable bonds is 8. The molecule has 2 heterocycles. The number of benzene rings is 5. The summed E-state index contributed by atoms with van der Waals surface area (Å²) in [5, 5.41) is 11.4. The summed E-state index contributed by atoms with van der Waals surface area (Å²) in [5.74, 6) is -0.165. The first-order valence-corrected chi connectivity index (χ1v) is 20.8. The number of hydrogen-bond donors (Lipinski definition) is 3. The maximum Gasteiger partial charge on any atom is 0.255 e. The van der Waals surface area contributed by atoms with Gasteiger partial charge in [-0.15, -0.1) is 0 Å². The van der Waals surface area contributed by atoms with Gasteiger partial charge in [0.15, 0.2) is 18.6 Å². The normalized spacial score (nSPS) is 11.0. The van der Waals surface area contributed by atoms with Crippen LogP contribution in [0.4, 0.5) is 28.4 Å². The highest BCUT2D eigenvalue weighted by atomic mass is 35.5. The van der Waals surface area contributed by atoms with E-state index in [1.54, 1.807) is 36.4 Å². The zero-order valence-electron chi connectivity index (χ0n) is 31.9. The average molecular weight is 838 g/mol. The Labute approximate surface area is 342 Å². The molecule has 0 aliphatic carbocycles. The minimum Gasteiger partial charge on any atom is -0.744 e. The van der Waals surface area contributed by atoms with Gasteiger partial charge in [-0.3, -0.25) is 4.79 Å². The van der Waals surface area contributed by atoms with Crippen molar-refractivity contribution in [3.8, 4) is 0 Å². The van der Waals surface area contributed by atoms with Gasteiger partial charge >= 0.3 is 0 Å². The highest BCUT2D eigenvalue weighted by Gasteiger charge is 2.12. The first kappa shape index (κ1) is 43.0. The minimum absolute atomic E-state index is 0.165. The van der Waals surface area contributed by atoms with E-state index in [2.05, 4.69) is 20.5 Å². The third-order valence-electron chi connectivity index (χ3n) is 8.55. The second-order valence-corrected chi connectivity index (χ2v) is 16.3. The van der Waals surface area contributed by atoms with E-state index >= 15 is 0 Å². The Kier molecular flexibility index (Phi) is 14.0. The van der Waals surface area contributed by atoms with Crippen LogP contribution in [0.15, 0.2) is 162 Å². The largest absolute Gasteiger partial charge is 0.744 e. The van der Waals surface area contributed by atoms with Gasteiger partial charge in [0.1, 0.15) is 34.3 Å². The Bertz CT molecular complexity index is 2660. The Hall–Kier alpha value is -6.16. The van der Waals surface area contributed by atoms with Crippen LogP contribution in [0.5, 0.6) is 0 Å². The molecule has 0 aliphatic rings. The maximum atomic E-state index is 12.8. The lowest BCUT2D eigenvalue weighted by molar-refractivity contribution is -0.671. The fourth-order valence-corrected chi connectivity index (χ4v) is 6.47. The second kappa shape index (κ2) is 18.9. The fourth-order valence-electron chi connectivity index (χ4n) is 5.36. The van der Waals surface area contributed by atoms with Crippen molar-refractivity contribution in [2.75, 3.05) is 16.0 Å². The number of anilines is 5. The minimum atomic E-state index is -4.27. The Balaban J connectivity index is 0.000000236. The van der Waals surface area contributed by atoms with Crippen LogP contribution in [0, 0.1) is 13.8 Å². The highest BCUT2D eigenvalue weighted by molar-refractivity contribution is 7.86. The molecule has 0 atom stereocenters. The lowest BCUT2D eigenvalue weighted by Crippen LogP contribution is -2.28. The van der Waals surface area contributed by atoms with Crippen molar-refractivity contribution in [2.45, 2.75) is 23.6 Å². The number of carbonyl (C=O) groups is 1. The predicted octanol–water partition coefficient (Wildman–Crippen LogP) is 7.68. The smallest absolute Gasteiger partial charge is 0.255 e. The molecule has 298 valence electrons. The average Bonchev–Trinajstić information content (AvgIpc) is 3.18. The Morgan fingerprint density at radius 3 is 1.55 bits per heavy atom. The molecule has 1 amide bonds. The lowest BCUT2D eigenvalue weighted by atomic mass is 10.1. The second-order valence-electron chi connectivity index (χ2n) is 13.1. The number of aryl methyl sites for hydroxylation is 4. The van der Waals surface area contributed by atoms with Crippen molar-refractivity contribution < 1.29 is 39.9 Å². The standard InChI is InChI=1S/C29H24ClN5O.2C7H8O3S/c1-34-16-13-25(14-17-34)31-22-8-10-24(11-9-22)33-29(36)20-3-6-23(7-4-20)32-27-15-18-35(2)28-12-5-21(30)19-26(27)28;2*1-6-2-4-7(5-3-6)11(8,9)10/h3-19H,1-2H3,(H,33,36);2*2-5H,1H3,(H,8,9,10). The molecule has 0 bridgehead atoms. The molecule has 7 rings (SSSR count). The van der Waals surface area contributed by atoms with E-state index in [0.717, 1.165) is 50.5 Å². The van der Waals surface area contributed by atoms with Gasteiger partial charge in [0.2, 0.25) is 5.52 Å². The molecule has 5 aromatic carbocycles. The van der Waals surface area contributed by atoms with Crippen LogP contribution in [-0.2, 0) is 34.3 Å². The first-order valence-electron chi connectivity index (χ1n) is 17.6. The number of hydrogen-bond acceptors (Lipinski definition) is 9. The summed E-state index contributed by atoms with van der Waals surface area (Å²) in [6.45, 7) is 3.64. The Morgan fingerprint density at radius 1 is 0.569 bits per heavy atom. The molecule has 0 saturated carbocycles. The highest BCUT2D eigenvalue weighted by Crippen LogP contribution is 2.27. The van der Waals surface area contributed by atoms with Gasteiger partial charge in [-0.05, 0) is 98.8 Å². The summed E-state index contributed by atoms with van der Waals surface area (Å²) in [5.41, 5.74) is 8.00. The number of halogens is 1. The molecule has 7 aromatic rings. The van der Waals surface area contributed by atoms with Gasteiger partial charge in [-0.2, -0.15) is 0 Å². The quantitative estimate of drug-likeness (QED) is 0.102. The molecule has 0 spiro atoms. The Morgan fingerprint density at radius 2 is 1.03 bits per heavy atom. The van der Waals surface area contributed by atoms with Crippen molar-refractivity contribution in [2.24, 2.45) is 14.1 Å². The molecule has 15 heteroatoms. The summed E-state index contributed by atoms with van der Waals surface area (Å²) in [7, 11) is -4.56. The zero-order valence-corrected chi connectivity index (χ0v) is 34.3. The van der Waals surface area contributed by atoms with Crippen LogP contribution >= 0.6 is 11.6 Å². The van der Waals surface area contributed by atoms with Crippen LogP contribution in [0.25, 0.3) is 10.9 Å². The van der Waals surface area contributed by atoms with Crippen LogP contribution in [0.2, 0.25) is 5.02 Å². The molecular weight excluding hydrogens is 798 g/mol. The molecule has 58 heavy (non-hydrogen) atoms. The third kappa shape index (κ3) is 12.4. The van der Waals surface area contributed by atoms with Crippen LogP contribution < -0.4 is 25.1 Å². The van der Waals surface area contributed by atoms with E-state index in [4.69, 9.17) is 11.6 Å². The van der Waals surface area contributed by atoms with E-state index in [0.29, 0.717) is 10.6 Å². The summed E-state index contributed by atoms with van der Waals surface area (Å²) in [4.78, 5) is 12.4. The summed E-state index contributed by atoms with van der Waals surface area (Å²) in [6, 6.07) is 38.4. The number of nitrogens with zero attached hydrogens (tertiary/aromatic N) is 2. The maximum absolute atomic E-state index is 12.8. The van der Waals surface area contributed by atoms with Crippen LogP contribution in [0.3, 0.4) is 0 Å². The van der Waals surface area contributed by atoms with E-state index in [1.807, 2.05) is 124 Å². The number of carbonyl (C=O) groups excluding carboxylic acids is 1. The molecule has 0 unspecified atom stereocenters. The van der Waals surface area contributed by atoms with Gasteiger partial charge in [-0.1, -0.05) is 47.0 Å². The van der Waals surface area contributed by atoms with Gasteiger partial charge < -0.3 is 25.1 Å². The van der Waals surface area contributed by atoms with E-state index in [9.17, 15) is 30.7 Å². The molecule has 0 radical (unpaired) electrons. The number of pyridine rings is 2. The summed E-state index contributed by atoms with van der Waals surface area (Å²) < 4.78 is 66.4. The zero-order chi connectivity index (χ0) is 42.0. The molecule has 2 aromatic heterocycles. The number of fused-ring (bicyclic) bond motifs is 1. The van der Waals surface area contributed by atoms with Gasteiger partial charge in [0.25, 0.3) is 5.91 Å². The predicted molar refractivity (Wildman–Crippen MR) is 223 cm³/mol. The molecular formula is C43H40ClN5O7S2. The van der Waals surface area contributed by atoms with Gasteiger partial charge in [0.05, 0.1) is 26.6 Å². The van der Waals surface area contributed by atoms with Gasteiger partial charge in [0, 0.05) is 51.9 Å². The number of amides is 1. The lowest BCUT2D eigenvalue weighted by Gasteiger charge is -2.11.